The molecular formula is C9H15ClO2. The summed E-state index contributed by atoms with van der Waals surface area (Å²) in [6.07, 6.45) is 3.90. The number of rotatable bonds is 2. The molecular weight excluding hydrogens is 176 g/mol. The Bertz CT molecular complexity index is 162. The van der Waals surface area contributed by atoms with Gasteiger partial charge in [0.15, 0.2) is 0 Å². The average molecular weight is 191 g/mol. The van der Waals surface area contributed by atoms with Gasteiger partial charge in [0, 0.05) is 5.38 Å². The van der Waals surface area contributed by atoms with Gasteiger partial charge in [-0.15, -0.1) is 11.6 Å². The van der Waals surface area contributed by atoms with Crippen molar-refractivity contribution in [3.8, 4) is 0 Å². The molecule has 0 bridgehead atoms. The Morgan fingerprint density at radius 2 is 1.92 bits per heavy atom. The van der Waals surface area contributed by atoms with Crippen LogP contribution in [-0.2, 0) is 4.79 Å². The molecule has 3 heteroatoms. The van der Waals surface area contributed by atoms with Gasteiger partial charge in [-0.2, -0.15) is 0 Å². The lowest BCUT2D eigenvalue weighted by Gasteiger charge is -2.27. The fraction of sp³-hybridized carbons (Fsp3) is 0.889. The van der Waals surface area contributed by atoms with Crippen LogP contribution in [-0.4, -0.2) is 16.5 Å². The van der Waals surface area contributed by atoms with E-state index in [1.165, 1.54) is 0 Å². The fourth-order valence-electron chi connectivity index (χ4n) is 1.78. The van der Waals surface area contributed by atoms with Crippen molar-refractivity contribution in [3.05, 3.63) is 0 Å². The van der Waals surface area contributed by atoms with E-state index in [1.54, 1.807) is 6.92 Å². The normalized spacial score (nSPS) is 32.8. The van der Waals surface area contributed by atoms with Crippen LogP contribution in [0.25, 0.3) is 0 Å². The predicted molar refractivity (Wildman–Crippen MR) is 48.4 cm³/mol. The van der Waals surface area contributed by atoms with Gasteiger partial charge in [0.1, 0.15) is 0 Å². The number of halogens is 1. The van der Waals surface area contributed by atoms with E-state index < -0.39 is 5.97 Å². The molecule has 1 rings (SSSR count). The Labute approximate surface area is 77.9 Å². The molecule has 0 aromatic rings. The molecule has 0 heterocycles. The third-order valence-electron chi connectivity index (χ3n) is 2.80. The van der Waals surface area contributed by atoms with Crippen molar-refractivity contribution in [1.29, 1.82) is 0 Å². The van der Waals surface area contributed by atoms with Crippen LogP contribution >= 0.6 is 11.6 Å². The molecule has 0 aliphatic heterocycles. The van der Waals surface area contributed by atoms with Gasteiger partial charge < -0.3 is 5.11 Å². The molecule has 70 valence electrons. The minimum Gasteiger partial charge on any atom is -0.481 e. The summed E-state index contributed by atoms with van der Waals surface area (Å²) in [7, 11) is 0. The fourth-order valence-corrected chi connectivity index (χ4v) is 2.03. The van der Waals surface area contributed by atoms with Crippen molar-refractivity contribution >= 4 is 17.6 Å². The highest BCUT2D eigenvalue weighted by atomic mass is 35.5. The topological polar surface area (TPSA) is 37.3 Å². The minimum absolute atomic E-state index is 0.200. The zero-order valence-electron chi connectivity index (χ0n) is 7.29. The number of carboxylic acids is 1. The second kappa shape index (κ2) is 4.13. The Morgan fingerprint density at radius 3 is 2.33 bits per heavy atom. The smallest absolute Gasteiger partial charge is 0.306 e. The van der Waals surface area contributed by atoms with Gasteiger partial charge in [0.25, 0.3) is 0 Å². The first kappa shape index (κ1) is 9.85. The van der Waals surface area contributed by atoms with Gasteiger partial charge >= 0.3 is 5.97 Å². The quantitative estimate of drug-likeness (QED) is 0.680. The second-order valence-corrected chi connectivity index (χ2v) is 4.26. The van der Waals surface area contributed by atoms with E-state index in [2.05, 4.69) is 0 Å². The van der Waals surface area contributed by atoms with E-state index in [-0.39, 0.29) is 11.3 Å². The van der Waals surface area contributed by atoms with Crippen LogP contribution in [0.1, 0.15) is 32.6 Å². The number of alkyl halides is 1. The van der Waals surface area contributed by atoms with Crippen LogP contribution in [0.4, 0.5) is 0 Å². The summed E-state index contributed by atoms with van der Waals surface area (Å²) in [5, 5.41) is 9.05. The van der Waals surface area contributed by atoms with Gasteiger partial charge in [-0.1, -0.05) is 6.92 Å². The van der Waals surface area contributed by atoms with Crippen molar-refractivity contribution < 1.29 is 9.90 Å². The monoisotopic (exact) mass is 190 g/mol. The molecule has 0 spiro atoms. The van der Waals surface area contributed by atoms with E-state index in [4.69, 9.17) is 16.7 Å². The maximum Gasteiger partial charge on any atom is 0.306 e. The summed E-state index contributed by atoms with van der Waals surface area (Å²) in [5.74, 6) is -0.528. The molecule has 12 heavy (non-hydrogen) atoms. The molecule has 1 fully saturated rings. The first-order valence-corrected chi connectivity index (χ1v) is 4.91. The maximum atomic E-state index is 10.6. The molecule has 1 unspecified atom stereocenters. The lowest BCUT2D eigenvalue weighted by Crippen LogP contribution is -2.25. The second-order valence-electron chi connectivity index (χ2n) is 3.64. The largest absolute Gasteiger partial charge is 0.481 e. The highest BCUT2D eigenvalue weighted by Gasteiger charge is 2.27. The minimum atomic E-state index is -0.673. The van der Waals surface area contributed by atoms with E-state index in [1.807, 2.05) is 0 Å². The molecule has 0 amide bonds. The molecule has 0 radical (unpaired) electrons. The zero-order valence-corrected chi connectivity index (χ0v) is 8.05. The number of hydrogen-bond acceptors (Lipinski definition) is 1. The van der Waals surface area contributed by atoms with Gasteiger partial charge in [0.05, 0.1) is 5.92 Å². The van der Waals surface area contributed by atoms with Crippen LogP contribution < -0.4 is 0 Å². The van der Waals surface area contributed by atoms with E-state index in [9.17, 15) is 4.79 Å². The van der Waals surface area contributed by atoms with Crippen molar-refractivity contribution in [2.45, 2.75) is 38.0 Å². The first-order chi connectivity index (χ1) is 5.61. The first-order valence-electron chi connectivity index (χ1n) is 4.48. The number of aliphatic carboxylic acids is 1. The van der Waals surface area contributed by atoms with Crippen LogP contribution in [0.2, 0.25) is 0 Å². The molecule has 0 aromatic carbocycles. The van der Waals surface area contributed by atoms with Crippen LogP contribution in [0.3, 0.4) is 0 Å². The number of carbonyl (C=O) groups is 1. The van der Waals surface area contributed by atoms with Crippen LogP contribution in [0, 0.1) is 11.8 Å². The predicted octanol–water partition coefficient (Wildman–Crippen LogP) is 2.50. The van der Waals surface area contributed by atoms with Gasteiger partial charge in [-0.25, -0.2) is 0 Å². The standard InChI is InChI=1S/C9H15ClO2/c1-6(9(11)12)7-2-4-8(10)5-3-7/h6-8H,2-5H2,1H3,(H,11,12). The van der Waals surface area contributed by atoms with E-state index in [0.29, 0.717) is 5.92 Å². The molecule has 0 aromatic heterocycles. The van der Waals surface area contributed by atoms with Gasteiger partial charge in [-0.05, 0) is 31.6 Å². The number of hydrogen-bond donors (Lipinski definition) is 1. The Morgan fingerprint density at radius 1 is 1.42 bits per heavy atom. The van der Waals surface area contributed by atoms with E-state index >= 15 is 0 Å². The lowest BCUT2D eigenvalue weighted by molar-refractivity contribution is -0.143. The highest BCUT2D eigenvalue weighted by molar-refractivity contribution is 6.20. The molecule has 1 N–H and O–H groups in total. The molecule has 1 saturated carbocycles. The summed E-state index contributed by atoms with van der Waals surface area (Å²) in [5.41, 5.74) is 0. The Balaban J connectivity index is 2.39. The van der Waals surface area contributed by atoms with Crippen molar-refractivity contribution in [2.24, 2.45) is 11.8 Å². The summed E-state index contributed by atoms with van der Waals surface area (Å²) >= 11 is 5.92. The summed E-state index contributed by atoms with van der Waals surface area (Å²) in [6, 6.07) is 0. The summed E-state index contributed by atoms with van der Waals surface area (Å²) < 4.78 is 0. The SMILES string of the molecule is CC(C(=O)O)C1CCC(Cl)CC1. The zero-order chi connectivity index (χ0) is 9.14. The maximum absolute atomic E-state index is 10.6. The number of carboxylic acid groups (broad SMARTS) is 1. The molecule has 1 aliphatic rings. The van der Waals surface area contributed by atoms with Gasteiger partial charge in [-0.3, -0.25) is 4.79 Å². The average Bonchev–Trinajstić information content (AvgIpc) is 2.04. The van der Waals surface area contributed by atoms with E-state index in [0.717, 1.165) is 25.7 Å². The molecule has 1 atom stereocenters. The lowest BCUT2D eigenvalue weighted by atomic mass is 9.81. The van der Waals surface area contributed by atoms with Crippen LogP contribution in [0.15, 0.2) is 0 Å². The van der Waals surface area contributed by atoms with Gasteiger partial charge in [0.2, 0.25) is 0 Å². The van der Waals surface area contributed by atoms with Crippen molar-refractivity contribution in [3.63, 3.8) is 0 Å². The summed E-state index contributed by atoms with van der Waals surface area (Å²) in [4.78, 5) is 10.6. The van der Waals surface area contributed by atoms with Crippen molar-refractivity contribution in [2.75, 3.05) is 0 Å². The molecule has 0 saturated heterocycles. The molecule has 1 aliphatic carbocycles. The van der Waals surface area contributed by atoms with Crippen molar-refractivity contribution in [1.82, 2.24) is 0 Å². The Hall–Kier alpha value is -0.240. The summed E-state index contributed by atoms with van der Waals surface area (Å²) in [6.45, 7) is 1.79. The molecule has 2 nitrogen and oxygen atoms in total. The third kappa shape index (κ3) is 2.37. The third-order valence-corrected chi connectivity index (χ3v) is 3.23. The van der Waals surface area contributed by atoms with Crippen LogP contribution in [0.5, 0.6) is 0 Å². The Kier molecular flexibility index (Phi) is 3.39. The highest BCUT2D eigenvalue weighted by Crippen LogP contribution is 2.32.